The van der Waals surface area contributed by atoms with Crippen molar-refractivity contribution in [1.29, 1.82) is 0 Å². The van der Waals surface area contributed by atoms with Gasteiger partial charge in [0, 0.05) is 18.8 Å². The van der Waals surface area contributed by atoms with Crippen LogP contribution in [0.25, 0.3) is 11.4 Å². The molecule has 0 aliphatic rings. The highest BCUT2D eigenvalue weighted by molar-refractivity contribution is 7.71. The molecule has 0 amide bonds. The summed E-state index contributed by atoms with van der Waals surface area (Å²) in [5, 5.41) is 11.5. The van der Waals surface area contributed by atoms with Crippen molar-refractivity contribution in [2.75, 3.05) is 7.11 Å². The van der Waals surface area contributed by atoms with Crippen molar-refractivity contribution in [2.24, 2.45) is 12.1 Å². The third-order valence-electron chi connectivity index (χ3n) is 3.29. The van der Waals surface area contributed by atoms with Gasteiger partial charge in [0.05, 0.1) is 19.0 Å². The van der Waals surface area contributed by atoms with Crippen molar-refractivity contribution in [3.05, 3.63) is 53.1 Å². The van der Waals surface area contributed by atoms with Gasteiger partial charge in [-0.3, -0.25) is 0 Å². The zero-order chi connectivity index (χ0) is 15.5. The SMILES string of the molecule is COc1ccc(-c2n[nH]c(=S)n2/N=C\c2cccn2C)cc1. The van der Waals surface area contributed by atoms with Gasteiger partial charge in [0.1, 0.15) is 5.75 Å². The fraction of sp³-hybridized carbons (Fsp3) is 0.133. The van der Waals surface area contributed by atoms with Crippen molar-refractivity contribution < 1.29 is 4.74 Å². The topological polar surface area (TPSA) is 60.1 Å². The van der Waals surface area contributed by atoms with Gasteiger partial charge in [-0.1, -0.05) is 0 Å². The van der Waals surface area contributed by atoms with Crippen LogP contribution in [-0.4, -0.2) is 32.8 Å². The van der Waals surface area contributed by atoms with E-state index in [1.165, 1.54) is 0 Å². The van der Waals surface area contributed by atoms with Gasteiger partial charge >= 0.3 is 0 Å². The van der Waals surface area contributed by atoms with Crippen molar-refractivity contribution in [3.63, 3.8) is 0 Å². The van der Waals surface area contributed by atoms with Gasteiger partial charge in [-0.15, -0.1) is 0 Å². The number of methoxy groups -OCH3 is 1. The lowest BCUT2D eigenvalue weighted by Crippen LogP contribution is -1.98. The molecular weight excluding hydrogens is 298 g/mol. The second-order valence-electron chi connectivity index (χ2n) is 4.68. The van der Waals surface area contributed by atoms with Crippen molar-refractivity contribution in [3.8, 4) is 17.1 Å². The molecule has 2 heterocycles. The second-order valence-corrected chi connectivity index (χ2v) is 5.07. The number of hydrogen-bond donors (Lipinski definition) is 1. The molecule has 2 aromatic heterocycles. The van der Waals surface area contributed by atoms with Crippen LogP contribution in [0.1, 0.15) is 5.69 Å². The summed E-state index contributed by atoms with van der Waals surface area (Å²) in [4.78, 5) is 0. The number of hydrogen-bond acceptors (Lipinski definition) is 4. The Balaban J connectivity index is 1.98. The largest absolute Gasteiger partial charge is 0.497 e. The monoisotopic (exact) mass is 313 g/mol. The third kappa shape index (κ3) is 2.71. The Morgan fingerprint density at radius 1 is 1.27 bits per heavy atom. The molecule has 1 N–H and O–H groups in total. The van der Waals surface area contributed by atoms with E-state index in [1.807, 2.05) is 54.2 Å². The normalized spacial score (nSPS) is 11.2. The first-order chi connectivity index (χ1) is 10.7. The first-order valence-corrected chi connectivity index (χ1v) is 7.07. The first-order valence-electron chi connectivity index (χ1n) is 6.66. The van der Waals surface area contributed by atoms with E-state index in [0.29, 0.717) is 10.6 Å². The highest BCUT2D eigenvalue weighted by Gasteiger charge is 2.08. The first kappa shape index (κ1) is 14.3. The highest BCUT2D eigenvalue weighted by Crippen LogP contribution is 2.20. The van der Waals surface area contributed by atoms with Crippen molar-refractivity contribution in [2.45, 2.75) is 0 Å². The minimum Gasteiger partial charge on any atom is -0.497 e. The Kier molecular flexibility index (Phi) is 3.88. The molecule has 0 spiro atoms. The van der Waals surface area contributed by atoms with Crippen LogP contribution in [0.5, 0.6) is 5.75 Å². The summed E-state index contributed by atoms with van der Waals surface area (Å²) >= 11 is 5.25. The van der Waals surface area contributed by atoms with Gasteiger partial charge in [0.15, 0.2) is 5.82 Å². The molecule has 22 heavy (non-hydrogen) atoms. The number of aromatic nitrogens is 4. The summed E-state index contributed by atoms with van der Waals surface area (Å²) < 4.78 is 9.18. The van der Waals surface area contributed by atoms with Crippen LogP contribution in [0.2, 0.25) is 0 Å². The predicted octanol–water partition coefficient (Wildman–Crippen LogP) is 2.84. The molecule has 0 atom stereocenters. The molecule has 6 nitrogen and oxygen atoms in total. The molecular formula is C15H15N5OS. The molecule has 3 rings (SSSR count). The number of nitrogens with zero attached hydrogens (tertiary/aromatic N) is 4. The molecule has 0 aliphatic heterocycles. The van der Waals surface area contributed by atoms with E-state index in [4.69, 9.17) is 17.0 Å². The van der Waals surface area contributed by atoms with Crippen LogP contribution in [-0.2, 0) is 7.05 Å². The maximum Gasteiger partial charge on any atom is 0.216 e. The lowest BCUT2D eigenvalue weighted by atomic mass is 10.2. The molecule has 0 saturated carbocycles. The maximum absolute atomic E-state index is 5.25. The minimum atomic E-state index is 0.441. The number of benzene rings is 1. The molecule has 3 aromatic rings. The van der Waals surface area contributed by atoms with Crippen molar-refractivity contribution >= 4 is 18.4 Å². The molecule has 0 radical (unpaired) electrons. The number of aryl methyl sites for hydroxylation is 1. The fourth-order valence-corrected chi connectivity index (χ4v) is 2.23. The molecule has 0 unspecified atom stereocenters. The Bertz CT molecular complexity index is 857. The summed E-state index contributed by atoms with van der Waals surface area (Å²) in [6.07, 6.45) is 3.71. The van der Waals surface area contributed by atoms with Gasteiger partial charge in [-0.25, -0.2) is 5.10 Å². The van der Waals surface area contributed by atoms with Crippen molar-refractivity contribution in [1.82, 2.24) is 19.4 Å². The van der Waals surface area contributed by atoms with Crippen LogP contribution in [0, 0.1) is 4.77 Å². The Morgan fingerprint density at radius 3 is 2.68 bits per heavy atom. The zero-order valence-corrected chi connectivity index (χ0v) is 13.0. The van der Waals surface area contributed by atoms with Crippen LogP contribution in [0.4, 0.5) is 0 Å². The van der Waals surface area contributed by atoms with Gasteiger partial charge in [0.25, 0.3) is 0 Å². The van der Waals surface area contributed by atoms with Gasteiger partial charge in [-0.05, 0) is 48.6 Å². The summed E-state index contributed by atoms with van der Waals surface area (Å²) in [5.74, 6) is 1.44. The van der Waals surface area contributed by atoms with E-state index >= 15 is 0 Å². The van der Waals surface area contributed by atoms with Crippen LogP contribution in [0.15, 0.2) is 47.7 Å². The minimum absolute atomic E-state index is 0.441. The summed E-state index contributed by atoms with van der Waals surface area (Å²) in [6, 6.07) is 11.5. The van der Waals surface area contributed by atoms with Crippen LogP contribution < -0.4 is 4.74 Å². The molecule has 112 valence electrons. The molecule has 0 fully saturated rings. The average molecular weight is 313 g/mol. The smallest absolute Gasteiger partial charge is 0.216 e. The van der Waals surface area contributed by atoms with E-state index in [0.717, 1.165) is 17.0 Å². The number of H-pyrrole nitrogens is 1. The highest BCUT2D eigenvalue weighted by atomic mass is 32.1. The predicted molar refractivity (Wildman–Crippen MR) is 87.8 cm³/mol. The Morgan fingerprint density at radius 2 is 2.05 bits per heavy atom. The third-order valence-corrected chi connectivity index (χ3v) is 3.55. The van der Waals surface area contributed by atoms with Gasteiger partial charge in [-0.2, -0.15) is 14.9 Å². The summed E-state index contributed by atoms with van der Waals surface area (Å²) in [5.41, 5.74) is 1.88. The average Bonchev–Trinajstić information content (AvgIpc) is 3.11. The lowest BCUT2D eigenvalue weighted by Gasteiger charge is -2.03. The quantitative estimate of drug-likeness (QED) is 0.595. The molecule has 0 aliphatic carbocycles. The molecule has 7 heteroatoms. The van der Waals surface area contributed by atoms with E-state index < -0.39 is 0 Å². The van der Waals surface area contributed by atoms with E-state index in [9.17, 15) is 0 Å². The second kappa shape index (κ2) is 5.98. The lowest BCUT2D eigenvalue weighted by molar-refractivity contribution is 0.415. The van der Waals surface area contributed by atoms with Gasteiger partial charge in [0.2, 0.25) is 4.77 Å². The van der Waals surface area contributed by atoms with E-state index in [1.54, 1.807) is 18.0 Å². The number of ether oxygens (including phenoxy) is 1. The zero-order valence-electron chi connectivity index (χ0n) is 12.2. The molecule has 0 saturated heterocycles. The molecule has 0 bridgehead atoms. The Hall–Kier alpha value is -2.67. The molecule has 1 aromatic carbocycles. The van der Waals surface area contributed by atoms with Gasteiger partial charge < -0.3 is 9.30 Å². The summed E-state index contributed by atoms with van der Waals surface area (Å²) in [7, 11) is 3.59. The number of rotatable bonds is 4. The van der Waals surface area contributed by atoms with E-state index in [-0.39, 0.29) is 0 Å². The fourth-order valence-electron chi connectivity index (χ4n) is 2.05. The summed E-state index contributed by atoms with van der Waals surface area (Å²) in [6.45, 7) is 0. The maximum atomic E-state index is 5.25. The number of aromatic amines is 1. The van der Waals surface area contributed by atoms with E-state index in [2.05, 4.69) is 15.3 Å². The standard InChI is InChI=1S/C15H15N5OS/c1-19-9-3-4-12(19)10-16-20-14(17-18-15(20)22)11-5-7-13(21-2)8-6-11/h3-10H,1-2H3,(H,18,22)/b16-10-. The number of nitrogens with one attached hydrogen (secondary N) is 1. The van der Waals surface area contributed by atoms with Crippen LogP contribution in [0.3, 0.4) is 0 Å². The Labute approximate surface area is 132 Å². The van der Waals surface area contributed by atoms with Crippen LogP contribution >= 0.6 is 12.2 Å².